The van der Waals surface area contributed by atoms with Crippen LogP contribution in [0, 0.1) is 5.92 Å². The van der Waals surface area contributed by atoms with Crippen LogP contribution in [0.1, 0.15) is 20.8 Å². The molecule has 2 rings (SSSR count). The van der Waals surface area contributed by atoms with Crippen LogP contribution in [-0.2, 0) is 4.79 Å². The fraction of sp³-hybridized carbons (Fsp3) is 0.375. The summed E-state index contributed by atoms with van der Waals surface area (Å²) in [5, 5.41) is 3.85. The molecular formula is C16H20N2O2. The van der Waals surface area contributed by atoms with E-state index >= 15 is 0 Å². The summed E-state index contributed by atoms with van der Waals surface area (Å²) in [5.41, 5.74) is 0.914. The first-order valence-electron chi connectivity index (χ1n) is 6.85. The number of benzene rings is 1. The number of nitrogens with zero attached hydrogens (tertiary/aromatic N) is 1. The third kappa shape index (κ3) is 3.70. The highest BCUT2D eigenvalue weighted by molar-refractivity contribution is 5.81. The van der Waals surface area contributed by atoms with E-state index in [4.69, 9.17) is 4.74 Å². The van der Waals surface area contributed by atoms with Crippen LogP contribution in [-0.4, -0.2) is 23.5 Å². The Kier molecular flexibility index (Phi) is 4.56. The molecule has 0 fully saturated rings. The van der Waals surface area contributed by atoms with E-state index in [2.05, 4.69) is 24.1 Å². The number of nitrogens with one attached hydrogen (secondary N) is 1. The van der Waals surface area contributed by atoms with Gasteiger partial charge in [-0.05, 0) is 25.0 Å². The molecule has 20 heavy (non-hydrogen) atoms. The van der Waals surface area contributed by atoms with Gasteiger partial charge in [-0.25, -0.2) is 0 Å². The predicted octanol–water partition coefficient (Wildman–Crippen LogP) is 2.77. The van der Waals surface area contributed by atoms with Gasteiger partial charge in [0.15, 0.2) is 6.10 Å². The molecule has 4 heteroatoms. The van der Waals surface area contributed by atoms with Crippen molar-refractivity contribution >= 4 is 16.8 Å². The minimum Gasteiger partial charge on any atom is -0.479 e. The summed E-state index contributed by atoms with van der Waals surface area (Å²) in [5.74, 6) is 0.927. The van der Waals surface area contributed by atoms with E-state index in [0.717, 1.165) is 10.9 Å². The highest BCUT2D eigenvalue weighted by Gasteiger charge is 2.14. The molecule has 0 aliphatic heterocycles. The van der Waals surface area contributed by atoms with Gasteiger partial charge in [-0.2, -0.15) is 0 Å². The van der Waals surface area contributed by atoms with Crippen molar-refractivity contribution < 1.29 is 9.53 Å². The molecule has 106 valence electrons. The lowest BCUT2D eigenvalue weighted by atomic mass is 10.2. The topological polar surface area (TPSA) is 51.2 Å². The number of pyridine rings is 1. The van der Waals surface area contributed by atoms with Crippen molar-refractivity contribution in [2.75, 3.05) is 6.54 Å². The summed E-state index contributed by atoms with van der Waals surface area (Å²) in [6, 6.07) is 9.70. The molecular weight excluding hydrogens is 252 g/mol. The lowest BCUT2D eigenvalue weighted by Crippen LogP contribution is -2.38. The van der Waals surface area contributed by atoms with Crippen molar-refractivity contribution in [3.05, 3.63) is 36.5 Å². The van der Waals surface area contributed by atoms with Gasteiger partial charge in [0.05, 0.1) is 11.7 Å². The van der Waals surface area contributed by atoms with Crippen molar-refractivity contribution in [1.82, 2.24) is 10.3 Å². The van der Waals surface area contributed by atoms with Gasteiger partial charge >= 0.3 is 0 Å². The normalized spacial score (nSPS) is 12.4. The van der Waals surface area contributed by atoms with Crippen molar-refractivity contribution in [3.8, 4) is 5.75 Å². The minimum atomic E-state index is -0.531. The molecule has 1 atom stereocenters. The van der Waals surface area contributed by atoms with Crippen LogP contribution < -0.4 is 10.1 Å². The lowest BCUT2D eigenvalue weighted by molar-refractivity contribution is -0.127. The average Bonchev–Trinajstić information content (AvgIpc) is 2.44. The Labute approximate surface area is 119 Å². The SMILES string of the molecule is CC(C)CNC(=O)C(C)Oc1cnc2ccccc2c1. The predicted molar refractivity (Wildman–Crippen MR) is 79.7 cm³/mol. The van der Waals surface area contributed by atoms with Gasteiger partial charge in [0, 0.05) is 11.9 Å². The molecule has 1 N–H and O–H groups in total. The molecule has 0 spiro atoms. The van der Waals surface area contributed by atoms with Gasteiger partial charge < -0.3 is 10.1 Å². The van der Waals surface area contributed by atoms with Crippen molar-refractivity contribution in [1.29, 1.82) is 0 Å². The van der Waals surface area contributed by atoms with E-state index in [1.54, 1.807) is 13.1 Å². The van der Waals surface area contributed by atoms with Crippen molar-refractivity contribution in [2.24, 2.45) is 5.92 Å². The molecule has 0 saturated carbocycles. The average molecular weight is 272 g/mol. The Morgan fingerprint density at radius 2 is 2.05 bits per heavy atom. The molecule has 4 nitrogen and oxygen atoms in total. The maximum Gasteiger partial charge on any atom is 0.260 e. The second-order valence-electron chi connectivity index (χ2n) is 5.26. The number of rotatable bonds is 5. The van der Waals surface area contributed by atoms with Crippen LogP contribution in [0.3, 0.4) is 0 Å². The third-order valence-corrected chi connectivity index (χ3v) is 2.93. The highest BCUT2D eigenvalue weighted by Crippen LogP contribution is 2.18. The monoisotopic (exact) mass is 272 g/mol. The number of hydrogen-bond donors (Lipinski definition) is 1. The first-order valence-corrected chi connectivity index (χ1v) is 6.85. The molecule has 1 aromatic heterocycles. The van der Waals surface area contributed by atoms with Gasteiger partial charge in [-0.1, -0.05) is 32.0 Å². The molecule has 0 saturated heterocycles. The minimum absolute atomic E-state index is 0.105. The number of carbonyl (C=O) groups excluding carboxylic acids is 1. The Bertz CT molecular complexity index is 596. The molecule has 2 aromatic rings. The standard InChI is InChI=1S/C16H20N2O2/c1-11(2)9-18-16(19)12(3)20-14-8-13-6-4-5-7-15(13)17-10-14/h4-8,10-12H,9H2,1-3H3,(H,18,19). The van der Waals surface area contributed by atoms with Gasteiger partial charge in [-0.15, -0.1) is 0 Å². The summed E-state index contributed by atoms with van der Waals surface area (Å²) >= 11 is 0. The van der Waals surface area contributed by atoms with E-state index in [1.165, 1.54) is 0 Å². The Morgan fingerprint density at radius 3 is 2.80 bits per heavy atom. The molecule has 1 aromatic carbocycles. The molecule has 0 aliphatic carbocycles. The summed E-state index contributed by atoms with van der Waals surface area (Å²) in [4.78, 5) is 16.2. The van der Waals surface area contributed by atoms with Crippen LogP contribution in [0.25, 0.3) is 10.9 Å². The second-order valence-corrected chi connectivity index (χ2v) is 5.26. The van der Waals surface area contributed by atoms with Crippen LogP contribution in [0.5, 0.6) is 5.75 Å². The van der Waals surface area contributed by atoms with E-state index in [1.807, 2.05) is 30.3 Å². The molecule has 0 aliphatic rings. The van der Waals surface area contributed by atoms with E-state index < -0.39 is 6.10 Å². The van der Waals surface area contributed by atoms with Gasteiger partial charge in [0.1, 0.15) is 5.75 Å². The smallest absolute Gasteiger partial charge is 0.260 e. The third-order valence-electron chi connectivity index (χ3n) is 2.93. The molecule has 0 radical (unpaired) electrons. The second kappa shape index (κ2) is 6.37. The summed E-state index contributed by atoms with van der Waals surface area (Å²) in [6.07, 6.45) is 1.12. The number of ether oxygens (including phenoxy) is 1. The number of hydrogen-bond acceptors (Lipinski definition) is 3. The van der Waals surface area contributed by atoms with E-state index in [0.29, 0.717) is 18.2 Å². The largest absolute Gasteiger partial charge is 0.479 e. The maximum atomic E-state index is 11.9. The molecule has 1 unspecified atom stereocenters. The van der Waals surface area contributed by atoms with Crippen LogP contribution >= 0.6 is 0 Å². The molecule has 1 amide bonds. The number of para-hydroxylation sites is 1. The quantitative estimate of drug-likeness (QED) is 0.910. The lowest BCUT2D eigenvalue weighted by Gasteiger charge is -2.15. The Balaban J connectivity index is 2.02. The first-order chi connectivity index (χ1) is 9.56. The van der Waals surface area contributed by atoms with Crippen molar-refractivity contribution in [3.63, 3.8) is 0 Å². The van der Waals surface area contributed by atoms with Crippen molar-refractivity contribution in [2.45, 2.75) is 26.9 Å². The number of fused-ring (bicyclic) bond motifs is 1. The molecule has 1 heterocycles. The Hall–Kier alpha value is -2.10. The fourth-order valence-corrected chi connectivity index (χ4v) is 1.82. The first kappa shape index (κ1) is 14.3. The fourth-order valence-electron chi connectivity index (χ4n) is 1.82. The zero-order valence-corrected chi connectivity index (χ0v) is 12.1. The number of amides is 1. The van der Waals surface area contributed by atoms with Gasteiger partial charge in [-0.3, -0.25) is 9.78 Å². The Morgan fingerprint density at radius 1 is 1.30 bits per heavy atom. The van der Waals surface area contributed by atoms with Crippen LogP contribution in [0.15, 0.2) is 36.5 Å². The van der Waals surface area contributed by atoms with Crippen LogP contribution in [0.2, 0.25) is 0 Å². The zero-order chi connectivity index (χ0) is 14.5. The summed E-state index contributed by atoms with van der Waals surface area (Å²) in [7, 11) is 0. The van der Waals surface area contributed by atoms with E-state index in [9.17, 15) is 4.79 Å². The summed E-state index contributed by atoms with van der Waals surface area (Å²) in [6.45, 7) is 6.51. The van der Waals surface area contributed by atoms with Gasteiger partial charge in [0.25, 0.3) is 5.91 Å². The number of aromatic nitrogens is 1. The van der Waals surface area contributed by atoms with Crippen LogP contribution in [0.4, 0.5) is 0 Å². The van der Waals surface area contributed by atoms with E-state index in [-0.39, 0.29) is 5.91 Å². The summed E-state index contributed by atoms with van der Waals surface area (Å²) < 4.78 is 5.64. The highest BCUT2D eigenvalue weighted by atomic mass is 16.5. The van der Waals surface area contributed by atoms with Gasteiger partial charge in [0.2, 0.25) is 0 Å². The number of carbonyl (C=O) groups is 1. The maximum absolute atomic E-state index is 11.9. The zero-order valence-electron chi connectivity index (χ0n) is 12.1. The molecule has 0 bridgehead atoms.